The molecule has 0 radical (unpaired) electrons. The van der Waals surface area contributed by atoms with Crippen LogP contribution in [-0.4, -0.2) is 23.8 Å². The number of halogens is 2. The van der Waals surface area contributed by atoms with Crippen LogP contribution < -0.4 is 10.6 Å². The molecule has 2 rings (SSSR count). The molecule has 0 aromatic heterocycles. The van der Waals surface area contributed by atoms with Crippen molar-refractivity contribution < 1.29 is 9.90 Å². The average molecular weight is 395 g/mol. The Morgan fingerprint density at radius 1 is 1.42 bits per heavy atom. The van der Waals surface area contributed by atoms with Crippen LogP contribution in [0, 0.1) is 9.49 Å². The third kappa shape index (κ3) is 5.16. The van der Waals surface area contributed by atoms with Gasteiger partial charge in [-0.2, -0.15) is 0 Å². The first kappa shape index (κ1) is 14.9. The SMILES string of the molecule is O=C(NCc1cc(Cl)cc(I)c1)NCC(O)C1CC1. The van der Waals surface area contributed by atoms with E-state index in [2.05, 4.69) is 33.2 Å². The molecule has 1 aliphatic carbocycles. The van der Waals surface area contributed by atoms with Crippen molar-refractivity contribution in [3.63, 3.8) is 0 Å². The Hall–Kier alpha value is -0.530. The standard InChI is InChI=1S/C13H16ClIN2O2/c14-10-3-8(4-11(15)5-10)6-16-13(19)17-7-12(18)9-1-2-9/h3-5,9,12,18H,1-2,6-7H2,(H2,16,17,19). The zero-order valence-corrected chi connectivity index (χ0v) is 13.2. The molecule has 1 aliphatic rings. The molecule has 104 valence electrons. The lowest BCUT2D eigenvalue weighted by molar-refractivity contribution is 0.149. The summed E-state index contributed by atoms with van der Waals surface area (Å²) in [5.41, 5.74) is 0.954. The maximum absolute atomic E-state index is 11.6. The van der Waals surface area contributed by atoms with Crippen molar-refractivity contribution in [1.29, 1.82) is 0 Å². The zero-order valence-electron chi connectivity index (χ0n) is 10.3. The molecule has 0 heterocycles. The molecule has 1 fully saturated rings. The number of carbonyl (C=O) groups excluding carboxylic acids is 1. The van der Waals surface area contributed by atoms with Gasteiger partial charge in [-0.15, -0.1) is 0 Å². The topological polar surface area (TPSA) is 61.4 Å². The second-order valence-electron chi connectivity index (χ2n) is 4.75. The molecule has 4 nitrogen and oxygen atoms in total. The van der Waals surface area contributed by atoms with Crippen LogP contribution in [0.1, 0.15) is 18.4 Å². The highest BCUT2D eigenvalue weighted by molar-refractivity contribution is 14.1. The van der Waals surface area contributed by atoms with Gasteiger partial charge in [-0.1, -0.05) is 11.6 Å². The van der Waals surface area contributed by atoms with E-state index in [9.17, 15) is 9.90 Å². The molecular weight excluding hydrogens is 379 g/mol. The zero-order chi connectivity index (χ0) is 13.8. The lowest BCUT2D eigenvalue weighted by Gasteiger charge is -2.12. The number of hydrogen-bond acceptors (Lipinski definition) is 2. The van der Waals surface area contributed by atoms with E-state index in [1.807, 2.05) is 18.2 Å². The van der Waals surface area contributed by atoms with E-state index in [4.69, 9.17) is 11.6 Å². The summed E-state index contributed by atoms with van der Waals surface area (Å²) in [4.78, 5) is 11.6. The quantitative estimate of drug-likeness (QED) is 0.672. The summed E-state index contributed by atoms with van der Waals surface area (Å²) in [6.45, 7) is 0.728. The van der Waals surface area contributed by atoms with Gasteiger partial charge in [0.15, 0.2) is 0 Å². The van der Waals surface area contributed by atoms with E-state index < -0.39 is 6.10 Å². The summed E-state index contributed by atoms with van der Waals surface area (Å²) in [6, 6.07) is 5.38. The molecule has 1 atom stereocenters. The highest BCUT2D eigenvalue weighted by Crippen LogP contribution is 2.32. The van der Waals surface area contributed by atoms with Gasteiger partial charge < -0.3 is 15.7 Å². The van der Waals surface area contributed by atoms with Crippen LogP contribution in [0.15, 0.2) is 18.2 Å². The number of benzene rings is 1. The monoisotopic (exact) mass is 394 g/mol. The van der Waals surface area contributed by atoms with Crippen molar-refractivity contribution in [2.24, 2.45) is 5.92 Å². The summed E-state index contributed by atoms with van der Waals surface area (Å²) >= 11 is 8.13. The first-order valence-corrected chi connectivity index (χ1v) is 7.65. The lowest BCUT2D eigenvalue weighted by atomic mass is 10.2. The molecule has 0 spiro atoms. The largest absolute Gasteiger partial charge is 0.391 e. The normalized spacial score (nSPS) is 15.9. The number of aliphatic hydroxyl groups excluding tert-OH is 1. The minimum atomic E-state index is -0.419. The Balaban J connectivity index is 1.73. The highest BCUT2D eigenvalue weighted by atomic mass is 127. The van der Waals surface area contributed by atoms with Gasteiger partial charge in [0, 0.05) is 21.7 Å². The first-order chi connectivity index (χ1) is 9.04. The Kier molecular flexibility index (Phi) is 5.29. The van der Waals surface area contributed by atoms with Gasteiger partial charge in [0.2, 0.25) is 0 Å². The molecule has 3 N–H and O–H groups in total. The van der Waals surface area contributed by atoms with E-state index >= 15 is 0 Å². The average Bonchev–Trinajstić information content (AvgIpc) is 3.16. The van der Waals surface area contributed by atoms with Gasteiger partial charge in [-0.05, 0) is 65.1 Å². The van der Waals surface area contributed by atoms with E-state index in [1.54, 1.807) is 0 Å². The van der Waals surface area contributed by atoms with Gasteiger partial charge in [0.25, 0.3) is 0 Å². The van der Waals surface area contributed by atoms with Gasteiger partial charge in [0.05, 0.1) is 6.10 Å². The summed E-state index contributed by atoms with van der Waals surface area (Å²) in [6.07, 6.45) is 1.70. The van der Waals surface area contributed by atoms with Crippen LogP contribution in [-0.2, 0) is 6.54 Å². The highest BCUT2D eigenvalue weighted by Gasteiger charge is 2.29. The fourth-order valence-corrected chi connectivity index (χ4v) is 2.98. The van der Waals surface area contributed by atoms with Gasteiger partial charge in [-0.25, -0.2) is 4.79 Å². The van der Waals surface area contributed by atoms with Crippen LogP contribution in [0.4, 0.5) is 4.79 Å². The molecule has 0 aliphatic heterocycles. The fraction of sp³-hybridized carbons (Fsp3) is 0.462. The number of amides is 2. The molecule has 0 bridgehead atoms. The minimum Gasteiger partial charge on any atom is -0.391 e. The molecule has 0 saturated heterocycles. The number of urea groups is 1. The van der Waals surface area contributed by atoms with Crippen LogP contribution in [0.2, 0.25) is 5.02 Å². The number of aliphatic hydroxyl groups is 1. The smallest absolute Gasteiger partial charge is 0.315 e. The number of carbonyl (C=O) groups is 1. The summed E-state index contributed by atoms with van der Waals surface area (Å²) in [5, 5.41) is 15.7. The van der Waals surface area contributed by atoms with E-state index in [1.165, 1.54) is 0 Å². The van der Waals surface area contributed by atoms with E-state index in [-0.39, 0.29) is 6.03 Å². The van der Waals surface area contributed by atoms with Gasteiger partial charge in [-0.3, -0.25) is 0 Å². The first-order valence-electron chi connectivity index (χ1n) is 6.19. The predicted octanol–water partition coefficient (Wildman–Crippen LogP) is 2.51. The second kappa shape index (κ2) is 6.76. The van der Waals surface area contributed by atoms with Crippen LogP contribution in [0.25, 0.3) is 0 Å². The fourth-order valence-electron chi connectivity index (χ4n) is 1.80. The number of hydrogen-bond donors (Lipinski definition) is 3. The predicted molar refractivity (Wildman–Crippen MR) is 83.1 cm³/mol. The molecule has 1 saturated carbocycles. The minimum absolute atomic E-state index is 0.269. The second-order valence-corrected chi connectivity index (χ2v) is 6.43. The Morgan fingerprint density at radius 2 is 2.16 bits per heavy atom. The summed E-state index contributed by atoms with van der Waals surface area (Å²) in [5.74, 6) is 0.370. The maximum Gasteiger partial charge on any atom is 0.315 e. The van der Waals surface area contributed by atoms with Crippen LogP contribution in [0.5, 0.6) is 0 Å². The number of rotatable bonds is 5. The molecule has 6 heteroatoms. The van der Waals surface area contributed by atoms with Crippen molar-refractivity contribution in [3.05, 3.63) is 32.4 Å². The third-order valence-electron chi connectivity index (χ3n) is 3.01. The Morgan fingerprint density at radius 3 is 2.79 bits per heavy atom. The molecular formula is C13H16ClIN2O2. The molecule has 2 amide bonds. The Bertz CT molecular complexity index is 446. The Labute approximate surface area is 131 Å². The molecule has 1 aromatic carbocycles. The molecule has 19 heavy (non-hydrogen) atoms. The summed E-state index contributed by atoms with van der Waals surface area (Å²) in [7, 11) is 0. The van der Waals surface area contributed by atoms with Gasteiger partial charge in [0.1, 0.15) is 0 Å². The van der Waals surface area contributed by atoms with E-state index in [0.29, 0.717) is 24.0 Å². The van der Waals surface area contributed by atoms with Crippen molar-refractivity contribution in [3.8, 4) is 0 Å². The van der Waals surface area contributed by atoms with Crippen molar-refractivity contribution in [2.75, 3.05) is 6.54 Å². The third-order valence-corrected chi connectivity index (χ3v) is 3.85. The number of nitrogens with one attached hydrogen (secondary N) is 2. The van der Waals surface area contributed by atoms with Gasteiger partial charge >= 0.3 is 6.03 Å². The summed E-state index contributed by atoms with van der Waals surface area (Å²) < 4.78 is 1.03. The lowest BCUT2D eigenvalue weighted by Crippen LogP contribution is -2.39. The van der Waals surface area contributed by atoms with Crippen molar-refractivity contribution >= 4 is 40.2 Å². The van der Waals surface area contributed by atoms with Crippen molar-refractivity contribution in [1.82, 2.24) is 10.6 Å². The molecule has 1 unspecified atom stereocenters. The van der Waals surface area contributed by atoms with E-state index in [0.717, 1.165) is 22.0 Å². The van der Waals surface area contributed by atoms with Crippen molar-refractivity contribution in [2.45, 2.75) is 25.5 Å². The van der Waals surface area contributed by atoms with Crippen LogP contribution in [0.3, 0.4) is 0 Å². The van der Waals surface area contributed by atoms with Crippen LogP contribution >= 0.6 is 34.2 Å². The molecule has 1 aromatic rings. The maximum atomic E-state index is 11.6.